The molecule has 0 fully saturated rings. The second-order valence-corrected chi connectivity index (χ2v) is 5.69. The van der Waals surface area contributed by atoms with E-state index in [1.165, 1.54) is 16.7 Å². The number of benzene rings is 1. The molecule has 0 heterocycles. The molecule has 1 aromatic carbocycles. The van der Waals surface area contributed by atoms with Gasteiger partial charge in [0, 0.05) is 0 Å². The normalized spacial score (nSPS) is 15.2. The third-order valence-electron chi connectivity index (χ3n) is 3.75. The van der Waals surface area contributed by atoms with Crippen LogP contribution in [0.4, 0.5) is 0 Å². The van der Waals surface area contributed by atoms with Gasteiger partial charge in [0.1, 0.15) is 0 Å². The van der Waals surface area contributed by atoms with E-state index >= 15 is 0 Å². The molecule has 90 valence electrons. The number of nitrogens with two attached hydrogens (primary N) is 1. The zero-order valence-electron chi connectivity index (χ0n) is 11.3. The van der Waals surface area contributed by atoms with Gasteiger partial charge in [-0.1, -0.05) is 50.1 Å². The average molecular weight is 219 g/mol. The monoisotopic (exact) mass is 219 g/mol. The Morgan fingerprint density at radius 3 is 2.00 bits per heavy atom. The van der Waals surface area contributed by atoms with E-state index in [9.17, 15) is 0 Å². The first kappa shape index (κ1) is 13.2. The standard InChI is InChI=1S/C15H25N/c1-11(2)15(5,10-16)9-14-7-12(3)6-13(4)8-14/h6-8,11H,9-10,16H2,1-5H3. The van der Waals surface area contributed by atoms with Crippen molar-refractivity contribution in [1.82, 2.24) is 0 Å². The van der Waals surface area contributed by atoms with Crippen molar-refractivity contribution in [2.24, 2.45) is 17.1 Å². The molecule has 0 aliphatic carbocycles. The molecule has 1 unspecified atom stereocenters. The van der Waals surface area contributed by atoms with Crippen LogP contribution in [-0.2, 0) is 6.42 Å². The lowest BCUT2D eigenvalue weighted by molar-refractivity contribution is 0.227. The maximum Gasteiger partial charge on any atom is -0.00175 e. The second kappa shape index (κ2) is 5.01. The van der Waals surface area contributed by atoms with Gasteiger partial charge in [-0.25, -0.2) is 0 Å². The van der Waals surface area contributed by atoms with Crippen LogP contribution in [0, 0.1) is 25.2 Å². The topological polar surface area (TPSA) is 26.0 Å². The van der Waals surface area contributed by atoms with Gasteiger partial charge in [0.2, 0.25) is 0 Å². The molecule has 0 amide bonds. The molecule has 0 spiro atoms. The Bertz CT molecular complexity index is 334. The maximum atomic E-state index is 5.93. The van der Waals surface area contributed by atoms with Gasteiger partial charge < -0.3 is 5.73 Å². The first-order valence-corrected chi connectivity index (χ1v) is 6.14. The SMILES string of the molecule is Cc1cc(C)cc(CC(C)(CN)C(C)C)c1. The summed E-state index contributed by atoms with van der Waals surface area (Å²) in [5.41, 5.74) is 10.2. The third-order valence-corrected chi connectivity index (χ3v) is 3.75. The summed E-state index contributed by atoms with van der Waals surface area (Å²) in [6.07, 6.45) is 1.07. The summed E-state index contributed by atoms with van der Waals surface area (Å²) < 4.78 is 0. The van der Waals surface area contributed by atoms with Gasteiger partial charge in [0.15, 0.2) is 0 Å². The number of aryl methyl sites for hydroxylation is 2. The minimum absolute atomic E-state index is 0.209. The Morgan fingerprint density at radius 1 is 1.12 bits per heavy atom. The van der Waals surface area contributed by atoms with E-state index in [1.807, 2.05) is 0 Å². The van der Waals surface area contributed by atoms with Crippen molar-refractivity contribution in [1.29, 1.82) is 0 Å². The summed E-state index contributed by atoms with van der Waals surface area (Å²) in [5.74, 6) is 0.610. The lowest BCUT2D eigenvalue weighted by Gasteiger charge is -2.32. The van der Waals surface area contributed by atoms with Gasteiger partial charge in [0.25, 0.3) is 0 Å². The third kappa shape index (κ3) is 3.08. The Hall–Kier alpha value is -0.820. The fourth-order valence-electron chi connectivity index (χ4n) is 2.15. The molecule has 0 saturated carbocycles. The summed E-state index contributed by atoms with van der Waals surface area (Å²) in [7, 11) is 0. The molecule has 1 atom stereocenters. The lowest BCUT2D eigenvalue weighted by Crippen LogP contribution is -2.34. The van der Waals surface area contributed by atoms with Gasteiger partial charge in [-0.2, -0.15) is 0 Å². The molecule has 0 bridgehead atoms. The van der Waals surface area contributed by atoms with Crippen LogP contribution < -0.4 is 5.73 Å². The highest BCUT2D eigenvalue weighted by Crippen LogP contribution is 2.30. The highest BCUT2D eigenvalue weighted by atomic mass is 14.6. The Kier molecular flexibility index (Phi) is 4.15. The average Bonchev–Trinajstić information content (AvgIpc) is 2.15. The highest BCUT2D eigenvalue weighted by molar-refractivity contribution is 5.29. The van der Waals surface area contributed by atoms with E-state index in [2.05, 4.69) is 52.8 Å². The maximum absolute atomic E-state index is 5.93. The fourth-order valence-corrected chi connectivity index (χ4v) is 2.15. The lowest BCUT2D eigenvalue weighted by atomic mass is 9.74. The predicted octanol–water partition coefficient (Wildman–Crippen LogP) is 3.47. The molecule has 2 N–H and O–H groups in total. The molecule has 0 aliphatic heterocycles. The molecule has 1 rings (SSSR count). The summed E-state index contributed by atoms with van der Waals surface area (Å²) in [6, 6.07) is 6.78. The molecule has 1 aromatic rings. The van der Waals surface area contributed by atoms with Gasteiger partial charge in [-0.05, 0) is 43.7 Å². The molecule has 0 aromatic heterocycles. The first-order valence-electron chi connectivity index (χ1n) is 6.14. The van der Waals surface area contributed by atoms with Gasteiger partial charge in [-0.15, -0.1) is 0 Å². The van der Waals surface area contributed by atoms with Crippen molar-refractivity contribution >= 4 is 0 Å². The Morgan fingerprint density at radius 2 is 1.62 bits per heavy atom. The molecule has 0 radical (unpaired) electrons. The van der Waals surface area contributed by atoms with E-state index in [1.54, 1.807) is 0 Å². The van der Waals surface area contributed by atoms with E-state index in [0.29, 0.717) is 5.92 Å². The van der Waals surface area contributed by atoms with Crippen molar-refractivity contribution in [2.75, 3.05) is 6.54 Å². The summed E-state index contributed by atoms with van der Waals surface area (Å²) in [6.45, 7) is 11.9. The van der Waals surface area contributed by atoms with Crippen LogP contribution in [0.1, 0.15) is 37.5 Å². The fraction of sp³-hybridized carbons (Fsp3) is 0.600. The summed E-state index contributed by atoms with van der Waals surface area (Å²) in [5, 5.41) is 0. The van der Waals surface area contributed by atoms with Crippen LogP contribution in [-0.4, -0.2) is 6.54 Å². The molecule has 0 saturated heterocycles. The summed E-state index contributed by atoms with van der Waals surface area (Å²) >= 11 is 0. The van der Waals surface area contributed by atoms with Crippen LogP contribution in [0.2, 0.25) is 0 Å². The molecule has 1 heteroatoms. The van der Waals surface area contributed by atoms with E-state index < -0.39 is 0 Å². The van der Waals surface area contributed by atoms with E-state index in [0.717, 1.165) is 13.0 Å². The molecule has 16 heavy (non-hydrogen) atoms. The Labute approximate surface area is 100 Å². The van der Waals surface area contributed by atoms with Crippen LogP contribution >= 0.6 is 0 Å². The van der Waals surface area contributed by atoms with Crippen LogP contribution in [0.25, 0.3) is 0 Å². The minimum Gasteiger partial charge on any atom is -0.330 e. The number of hydrogen-bond donors (Lipinski definition) is 1. The smallest absolute Gasteiger partial charge is 0.00175 e. The van der Waals surface area contributed by atoms with Crippen LogP contribution in [0.3, 0.4) is 0 Å². The zero-order chi connectivity index (χ0) is 12.3. The van der Waals surface area contributed by atoms with Crippen molar-refractivity contribution in [3.8, 4) is 0 Å². The van der Waals surface area contributed by atoms with Crippen LogP contribution in [0.5, 0.6) is 0 Å². The number of rotatable bonds is 4. The van der Waals surface area contributed by atoms with Crippen LogP contribution in [0.15, 0.2) is 18.2 Å². The van der Waals surface area contributed by atoms with Gasteiger partial charge >= 0.3 is 0 Å². The van der Waals surface area contributed by atoms with E-state index in [4.69, 9.17) is 5.73 Å². The van der Waals surface area contributed by atoms with E-state index in [-0.39, 0.29) is 5.41 Å². The molecule has 1 nitrogen and oxygen atoms in total. The molecular formula is C15H25N. The van der Waals surface area contributed by atoms with Crippen molar-refractivity contribution in [3.63, 3.8) is 0 Å². The summed E-state index contributed by atoms with van der Waals surface area (Å²) in [4.78, 5) is 0. The van der Waals surface area contributed by atoms with Crippen molar-refractivity contribution < 1.29 is 0 Å². The zero-order valence-corrected chi connectivity index (χ0v) is 11.3. The molecular weight excluding hydrogens is 194 g/mol. The quantitative estimate of drug-likeness (QED) is 0.824. The minimum atomic E-state index is 0.209. The number of hydrogen-bond acceptors (Lipinski definition) is 1. The van der Waals surface area contributed by atoms with Crippen molar-refractivity contribution in [2.45, 2.75) is 41.0 Å². The van der Waals surface area contributed by atoms with Gasteiger partial charge in [0.05, 0.1) is 0 Å². The Balaban J connectivity index is 2.94. The molecule has 0 aliphatic rings. The second-order valence-electron chi connectivity index (χ2n) is 5.69. The largest absolute Gasteiger partial charge is 0.330 e. The van der Waals surface area contributed by atoms with Crippen molar-refractivity contribution in [3.05, 3.63) is 34.9 Å². The van der Waals surface area contributed by atoms with Gasteiger partial charge in [-0.3, -0.25) is 0 Å². The highest BCUT2D eigenvalue weighted by Gasteiger charge is 2.26. The predicted molar refractivity (Wildman–Crippen MR) is 71.6 cm³/mol. The first-order chi connectivity index (χ1) is 7.37.